The lowest BCUT2D eigenvalue weighted by molar-refractivity contribution is 0.144. The fourth-order valence-corrected chi connectivity index (χ4v) is 4.72. The van der Waals surface area contributed by atoms with Gasteiger partial charge in [0.25, 0.3) is 5.88 Å². The third-order valence-corrected chi connectivity index (χ3v) is 6.11. The molecule has 2 aromatic heterocycles. The van der Waals surface area contributed by atoms with E-state index in [0.29, 0.717) is 18.4 Å². The van der Waals surface area contributed by atoms with Gasteiger partial charge in [0.2, 0.25) is 0 Å². The summed E-state index contributed by atoms with van der Waals surface area (Å²) >= 11 is 2.98. The van der Waals surface area contributed by atoms with Gasteiger partial charge < -0.3 is 9.84 Å². The molecule has 2 aliphatic rings. The van der Waals surface area contributed by atoms with Crippen LogP contribution in [0.4, 0.5) is 0 Å². The maximum Gasteiger partial charge on any atom is 0.250 e. The Hall–Kier alpha value is -1.02. The minimum atomic E-state index is -0.181. The number of aliphatic hydroxyl groups excluding tert-OH is 1. The van der Waals surface area contributed by atoms with Gasteiger partial charge in [0.05, 0.1) is 30.5 Å². The number of aliphatic hydroxyl groups is 1. The summed E-state index contributed by atoms with van der Waals surface area (Å²) in [6.45, 7) is 2.36. The van der Waals surface area contributed by atoms with Gasteiger partial charge >= 0.3 is 0 Å². The Kier molecular flexibility index (Phi) is 4.13. The average Bonchev–Trinajstić information content (AvgIpc) is 3.23. The molecule has 0 radical (unpaired) electrons. The first kappa shape index (κ1) is 14.6. The molecule has 2 bridgehead atoms. The van der Waals surface area contributed by atoms with Crippen molar-refractivity contribution in [1.29, 1.82) is 0 Å². The monoisotopic (exact) mass is 337 g/mol. The maximum absolute atomic E-state index is 10.0. The smallest absolute Gasteiger partial charge is 0.250 e. The van der Waals surface area contributed by atoms with E-state index >= 15 is 0 Å². The molecule has 2 aliphatic heterocycles. The number of hydrogen-bond acceptors (Lipinski definition) is 7. The molecular formula is C15H19N3O2S2. The standard InChI is InChI=1S/C15H19N3O2S2/c19-13-9-18-8-10(13)3-4-12(18)14-15(17-22-16-14)20-6-5-11-2-1-7-21-11/h1-2,7,10,12-13,19H,3-6,8-9H2. The van der Waals surface area contributed by atoms with Gasteiger partial charge in [-0.05, 0) is 30.2 Å². The molecule has 0 spiro atoms. The largest absolute Gasteiger partial charge is 0.475 e. The van der Waals surface area contributed by atoms with Crippen LogP contribution in [0.15, 0.2) is 17.5 Å². The Morgan fingerprint density at radius 3 is 3.14 bits per heavy atom. The van der Waals surface area contributed by atoms with Gasteiger partial charge in [-0.1, -0.05) is 6.07 Å². The van der Waals surface area contributed by atoms with Crippen molar-refractivity contribution in [3.63, 3.8) is 0 Å². The topological polar surface area (TPSA) is 58.5 Å². The summed E-state index contributed by atoms with van der Waals surface area (Å²) < 4.78 is 14.7. The molecule has 0 amide bonds. The SMILES string of the molecule is OC1CN2CC1CCC2c1nsnc1OCCc1cccs1. The molecule has 7 heteroatoms. The average molecular weight is 337 g/mol. The summed E-state index contributed by atoms with van der Waals surface area (Å²) in [5, 5.41) is 12.1. The fourth-order valence-electron chi connectivity index (χ4n) is 3.48. The predicted molar refractivity (Wildman–Crippen MR) is 86.5 cm³/mol. The predicted octanol–water partition coefficient (Wildman–Crippen LogP) is 2.35. The number of hydrogen-bond donors (Lipinski definition) is 1. The van der Waals surface area contributed by atoms with Crippen molar-refractivity contribution in [3.8, 4) is 5.88 Å². The minimum absolute atomic E-state index is 0.181. The highest BCUT2D eigenvalue weighted by Gasteiger charge is 2.42. The summed E-state index contributed by atoms with van der Waals surface area (Å²) in [4.78, 5) is 3.66. The van der Waals surface area contributed by atoms with Crippen LogP contribution in [0.2, 0.25) is 0 Å². The highest BCUT2D eigenvalue weighted by atomic mass is 32.1. The molecule has 22 heavy (non-hydrogen) atoms. The van der Waals surface area contributed by atoms with Crippen LogP contribution in [-0.2, 0) is 6.42 Å². The van der Waals surface area contributed by atoms with Crippen molar-refractivity contribution in [2.45, 2.75) is 31.4 Å². The highest BCUT2D eigenvalue weighted by Crippen LogP contribution is 2.41. The van der Waals surface area contributed by atoms with E-state index in [2.05, 4.69) is 31.2 Å². The van der Waals surface area contributed by atoms with Crippen molar-refractivity contribution >= 4 is 23.1 Å². The zero-order valence-electron chi connectivity index (χ0n) is 12.2. The van der Waals surface area contributed by atoms with Crippen LogP contribution in [0.3, 0.4) is 0 Å². The minimum Gasteiger partial charge on any atom is -0.475 e. The Balaban J connectivity index is 1.41. The van der Waals surface area contributed by atoms with Crippen LogP contribution in [0, 0.1) is 5.92 Å². The molecule has 5 nitrogen and oxygen atoms in total. The Bertz CT molecular complexity index is 614. The van der Waals surface area contributed by atoms with E-state index in [0.717, 1.165) is 38.0 Å². The van der Waals surface area contributed by atoms with Gasteiger partial charge in [-0.25, -0.2) is 0 Å². The summed E-state index contributed by atoms with van der Waals surface area (Å²) in [7, 11) is 0. The van der Waals surface area contributed by atoms with Crippen molar-refractivity contribution in [2.24, 2.45) is 5.92 Å². The first-order valence-electron chi connectivity index (χ1n) is 7.71. The lowest BCUT2D eigenvalue weighted by atomic mass is 9.93. The molecule has 2 fully saturated rings. The zero-order chi connectivity index (χ0) is 14.9. The van der Waals surface area contributed by atoms with E-state index in [1.807, 2.05) is 0 Å². The van der Waals surface area contributed by atoms with Crippen LogP contribution < -0.4 is 4.74 Å². The second kappa shape index (κ2) is 6.23. The lowest BCUT2D eigenvalue weighted by Crippen LogP contribution is -2.31. The molecule has 4 heterocycles. The number of aromatic nitrogens is 2. The number of piperidine rings is 1. The van der Waals surface area contributed by atoms with Gasteiger partial charge in [-0.15, -0.1) is 15.7 Å². The molecular weight excluding hydrogens is 318 g/mol. The number of rotatable bonds is 5. The Labute approximate surface area is 137 Å². The summed E-state index contributed by atoms with van der Waals surface area (Å²) in [5.41, 5.74) is 0.962. The molecule has 0 aliphatic carbocycles. The molecule has 2 saturated heterocycles. The molecule has 0 saturated carbocycles. The van der Waals surface area contributed by atoms with Crippen molar-refractivity contribution in [1.82, 2.24) is 13.6 Å². The van der Waals surface area contributed by atoms with E-state index in [4.69, 9.17) is 4.74 Å². The summed E-state index contributed by atoms with van der Waals surface area (Å²) in [6, 6.07) is 4.44. The van der Waals surface area contributed by atoms with Crippen LogP contribution >= 0.6 is 23.1 Å². The molecule has 4 atom stereocenters. The number of fused-ring (bicyclic) bond motifs is 2. The third kappa shape index (κ3) is 2.78. The first-order chi connectivity index (χ1) is 10.8. The van der Waals surface area contributed by atoms with Crippen molar-refractivity contribution in [3.05, 3.63) is 28.1 Å². The maximum atomic E-state index is 10.0. The van der Waals surface area contributed by atoms with Crippen LogP contribution in [0.25, 0.3) is 0 Å². The van der Waals surface area contributed by atoms with Crippen molar-refractivity contribution < 1.29 is 9.84 Å². The molecule has 4 unspecified atom stereocenters. The Morgan fingerprint density at radius 2 is 2.27 bits per heavy atom. The summed E-state index contributed by atoms with van der Waals surface area (Å²) in [5.74, 6) is 1.12. The van der Waals surface area contributed by atoms with Gasteiger partial charge in [0.15, 0.2) is 0 Å². The zero-order valence-corrected chi connectivity index (χ0v) is 13.9. The molecule has 4 rings (SSSR count). The molecule has 0 aromatic carbocycles. The Morgan fingerprint density at radius 1 is 1.32 bits per heavy atom. The quantitative estimate of drug-likeness (QED) is 0.907. The van der Waals surface area contributed by atoms with E-state index in [-0.39, 0.29) is 12.1 Å². The van der Waals surface area contributed by atoms with Crippen LogP contribution in [0.5, 0.6) is 5.88 Å². The summed E-state index contributed by atoms with van der Waals surface area (Å²) in [6.07, 6.45) is 2.83. The number of thiophene rings is 1. The van der Waals surface area contributed by atoms with E-state index < -0.39 is 0 Å². The van der Waals surface area contributed by atoms with Gasteiger partial charge in [0.1, 0.15) is 5.69 Å². The first-order valence-corrected chi connectivity index (χ1v) is 9.32. The van der Waals surface area contributed by atoms with Crippen molar-refractivity contribution in [2.75, 3.05) is 19.7 Å². The normalized spacial score (nSPS) is 30.6. The number of ether oxygens (including phenoxy) is 1. The number of nitrogens with zero attached hydrogens (tertiary/aromatic N) is 3. The van der Waals surface area contributed by atoms with E-state index in [1.165, 1.54) is 16.6 Å². The molecule has 118 valence electrons. The molecule has 1 N–H and O–H groups in total. The lowest BCUT2D eigenvalue weighted by Gasteiger charge is -2.30. The highest BCUT2D eigenvalue weighted by molar-refractivity contribution is 7.09. The van der Waals surface area contributed by atoms with Crippen LogP contribution in [0.1, 0.15) is 29.5 Å². The second-order valence-corrected chi connectivity index (χ2v) is 7.57. The van der Waals surface area contributed by atoms with E-state index in [9.17, 15) is 5.11 Å². The fraction of sp³-hybridized carbons (Fsp3) is 0.600. The van der Waals surface area contributed by atoms with Gasteiger partial charge in [0, 0.05) is 24.4 Å². The third-order valence-electron chi connectivity index (χ3n) is 4.65. The van der Waals surface area contributed by atoms with E-state index in [1.54, 1.807) is 11.3 Å². The second-order valence-electron chi connectivity index (χ2n) is 6.01. The van der Waals surface area contributed by atoms with Crippen LogP contribution in [-0.4, -0.2) is 44.6 Å². The van der Waals surface area contributed by atoms with Gasteiger partial charge in [-0.2, -0.15) is 4.37 Å². The molecule has 2 aromatic rings. The van der Waals surface area contributed by atoms with Gasteiger partial charge in [-0.3, -0.25) is 4.90 Å².